The normalized spacial score (nSPS) is 12.1. The second-order valence-electron chi connectivity index (χ2n) is 7.76. The van der Waals surface area contributed by atoms with Crippen LogP contribution in [0.5, 0.6) is 0 Å². The lowest BCUT2D eigenvalue weighted by Gasteiger charge is -2.18. The van der Waals surface area contributed by atoms with Crippen LogP contribution in [0, 0.1) is 25.2 Å². The molecule has 3 rings (SSSR count). The first-order chi connectivity index (χ1) is 18.5. The summed E-state index contributed by atoms with van der Waals surface area (Å²) in [7, 11) is -14.5. The number of benzene rings is 2. The highest BCUT2D eigenvalue weighted by molar-refractivity contribution is 7.94. The molecule has 6 N–H and O–H groups in total. The van der Waals surface area contributed by atoms with E-state index in [9.17, 15) is 44.2 Å². The number of hydrogen-bond acceptors (Lipinski definition) is 14. The lowest BCUT2D eigenvalue weighted by atomic mass is 10.1. The van der Waals surface area contributed by atoms with Crippen LogP contribution >= 0.6 is 12.0 Å². The van der Waals surface area contributed by atoms with Gasteiger partial charge in [0.05, 0.1) is 43.7 Å². The van der Waals surface area contributed by atoms with Gasteiger partial charge in [0.15, 0.2) is 5.82 Å². The molecule has 0 aliphatic carbocycles. The van der Waals surface area contributed by atoms with E-state index in [1.165, 1.54) is 13.0 Å². The van der Waals surface area contributed by atoms with Gasteiger partial charge in [0.25, 0.3) is 30.4 Å². The molecule has 0 saturated heterocycles. The van der Waals surface area contributed by atoms with Gasteiger partial charge in [-0.1, -0.05) is 5.04 Å². The number of rotatable bonds is 10. The predicted octanol–water partition coefficient (Wildman–Crippen LogP) is 3.23. The molecule has 0 spiro atoms. The topological polar surface area (TPSA) is 263 Å². The average molecular weight is 635 g/mol. The molecule has 0 radical (unpaired) electrons. The van der Waals surface area contributed by atoms with E-state index in [-0.39, 0.29) is 27.8 Å². The number of nitriles is 1. The molecule has 0 bridgehead atoms. The van der Waals surface area contributed by atoms with Crippen LogP contribution in [0.15, 0.2) is 56.0 Å². The summed E-state index contributed by atoms with van der Waals surface area (Å²) in [5.74, 6) is -0.190. The lowest BCUT2D eigenvalue weighted by Crippen LogP contribution is -2.10. The van der Waals surface area contributed by atoms with Gasteiger partial charge in [-0.3, -0.25) is 13.7 Å². The maximum atomic E-state index is 12.0. The minimum atomic E-state index is -5.05. The summed E-state index contributed by atoms with van der Waals surface area (Å²) in [5, 5.41) is 27.2. The first kappa shape index (κ1) is 31.2. The summed E-state index contributed by atoms with van der Waals surface area (Å²) in [4.78, 5) is 1.99. The van der Waals surface area contributed by atoms with Crippen molar-refractivity contribution in [2.24, 2.45) is 0 Å². The molecule has 20 heteroatoms. The van der Waals surface area contributed by atoms with E-state index in [4.69, 9.17) is 5.26 Å². The van der Waals surface area contributed by atoms with Crippen molar-refractivity contribution >= 4 is 65.4 Å². The smallest absolute Gasteiger partial charge is 0.296 e. The summed E-state index contributed by atoms with van der Waals surface area (Å²) in [6, 6.07) is 7.44. The standard InChI is InChI=1S/C20H18N4O12S4/c1-10-11(2)19(22-15-5-3-12(38(26,27)28)7-17(15)37-36-35-25)24-20(14(10)9-21)23-16-6-4-13(39(29,30)31)8-18(16)40(32,33)34/h3-8,25H,1-2H3,(H2,22,23,24)(H,26,27,28)(H,29,30,31)(H,32,33,34). The summed E-state index contributed by atoms with van der Waals surface area (Å²) in [5.41, 5.74) is 0.431. The van der Waals surface area contributed by atoms with Crippen LogP contribution in [-0.2, 0) is 39.7 Å². The number of aromatic nitrogens is 1. The highest BCUT2D eigenvalue weighted by Crippen LogP contribution is 2.36. The van der Waals surface area contributed by atoms with Crippen LogP contribution in [0.4, 0.5) is 23.0 Å². The van der Waals surface area contributed by atoms with Crippen LogP contribution in [0.1, 0.15) is 16.7 Å². The Balaban J connectivity index is 2.16. The second kappa shape index (κ2) is 11.6. The van der Waals surface area contributed by atoms with Crippen LogP contribution in [0.3, 0.4) is 0 Å². The number of anilines is 4. The zero-order valence-electron chi connectivity index (χ0n) is 20.0. The van der Waals surface area contributed by atoms with E-state index in [0.717, 1.165) is 24.3 Å². The van der Waals surface area contributed by atoms with Gasteiger partial charge in [-0.25, -0.2) is 10.2 Å². The van der Waals surface area contributed by atoms with Gasteiger partial charge in [0, 0.05) is 0 Å². The van der Waals surface area contributed by atoms with Crippen LogP contribution in [0.2, 0.25) is 0 Å². The van der Waals surface area contributed by atoms with Gasteiger partial charge in [0.2, 0.25) is 0 Å². The van der Waals surface area contributed by atoms with Crippen molar-refractivity contribution in [1.29, 1.82) is 5.26 Å². The van der Waals surface area contributed by atoms with E-state index in [0.29, 0.717) is 29.2 Å². The third-order valence-corrected chi connectivity index (χ3v) is 8.54. The maximum absolute atomic E-state index is 12.0. The van der Waals surface area contributed by atoms with E-state index in [1.807, 2.05) is 6.07 Å². The maximum Gasteiger partial charge on any atom is 0.296 e. The Kier molecular flexibility index (Phi) is 9.06. The predicted molar refractivity (Wildman–Crippen MR) is 138 cm³/mol. The molecule has 0 amide bonds. The van der Waals surface area contributed by atoms with Gasteiger partial charge >= 0.3 is 0 Å². The molecule has 16 nitrogen and oxygen atoms in total. The Labute approximate surface area is 231 Å². The fourth-order valence-electron chi connectivity index (χ4n) is 3.27. The van der Waals surface area contributed by atoms with Gasteiger partial charge in [-0.15, -0.1) is 4.33 Å². The highest BCUT2D eigenvalue weighted by Gasteiger charge is 2.23. The largest absolute Gasteiger partial charge is 0.339 e. The number of nitrogens with zero attached hydrogens (tertiary/aromatic N) is 2. The Morgan fingerprint density at radius 3 is 1.90 bits per heavy atom. The fraction of sp³-hybridized carbons (Fsp3) is 0.100. The van der Waals surface area contributed by atoms with Crippen molar-refractivity contribution in [2.45, 2.75) is 33.4 Å². The Bertz CT molecular complexity index is 1850. The summed E-state index contributed by atoms with van der Waals surface area (Å²) < 4.78 is 103. The van der Waals surface area contributed by atoms with Crippen molar-refractivity contribution < 1.29 is 53.5 Å². The second-order valence-corrected chi connectivity index (χ2v) is 12.7. The summed E-state index contributed by atoms with van der Waals surface area (Å²) in [6.07, 6.45) is 0. The number of pyridine rings is 1. The molecule has 40 heavy (non-hydrogen) atoms. The summed E-state index contributed by atoms with van der Waals surface area (Å²) in [6.45, 7) is 3.11. The van der Waals surface area contributed by atoms with Crippen molar-refractivity contribution in [3.05, 3.63) is 53.1 Å². The fourth-order valence-corrected chi connectivity index (χ4v) is 5.59. The van der Waals surface area contributed by atoms with E-state index >= 15 is 0 Å². The molecule has 214 valence electrons. The Morgan fingerprint density at radius 1 is 0.825 bits per heavy atom. The Morgan fingerprint density at radius 2 is 1.38 bits per heavy atom. The first-order valence-corrected chi connectivity index (χ1v) is 15.3. The third-order valence-electron chi connectivity index (χ3n) is 5.31. The van der Waals surface area contributed by atoms with Crippen molar-refractivity contribution in [3.63, 3.8) is 0 Å². The van der Waals surface area contributed by atoms with Gasteiger partial charge in [-0.2, -0.15) is 30.5 Å². The zero-order chi connectivity index (χ0) is 30.0. The zero-order valence-corrected chi connectivity index (χ0v) is 23.3. The van der Waals surface area contributed by atoms with Crippen molar-refractivity contribution in [2.75, 3.05) is 10.6 Å². The van der Waals surface area contributed by atoms with Crippen molar-refractivity contribution in [3.8, 4) is 6.07 Å². The van der Waals surface area contributed by atoms with Crippen LogP contribution < -0.4 is 10.6 Å². The molecular formula is C20H18N4O12S4. The molecule has 3 aromatic rings. The molecule has 1 aromatic heterocycles. The summed E-state index contributed by atoms with van der Waals surface area (Å²) >= 11 is 0.359. The van der Waals surface area contributed by atoms with Gasteiger partial charge < -0.3 is 10.6 Å². The van der Waals surface area contributed by atoms with E-state index in [2.05, 4.69) is 25.0 Å². The third kappa shape index (κ3) is 7.04. The molecule has 0 saturated carbocycles. The van der Waals surface area contributed by atoms with Crippen LogP contribution in [0.25, 0.3) is 0 Å². The molecule has 0 atom stereocenters. The number of nitrogens with one attached hydrogen (secondary N) is 2. The van der Waals surface area contributed by atoms with Crippen molar-refractivity contribution in [1.82, 2.24) is 4.98 Å². The first-order valence-electron chi connectivity index (χ1n) is 10.3. The minimum Gasteiger partial charge on any atom is -0.339 e. The molecule has 2 aromatic carbocycles. The monoisotopic (exact) mass is 634 g/mol. The molecule has 0 aliphatic heterocycles. The SMILES string of the molecule is Cc1c(Nc2ccc(S(=O)(=O)O)cc2SOOO)nc(Nc2ccc(S(=O)(=O)O)cc2S(=O)(=O)O)c(C#N)c1C. The highest BCUT2D eigenvalue weighted by atomic mass is 32.2. The van der Waals surface area contributed by atoms with Gasteiger partial charge in [0.1, 0.15) is 16.8 Å². The molecule has 0 unspecified atom stereocenters. The molecule has 1 heterocycles. The molecule has 0 aliphatic rings. The van der Waals surface area contributed by atoms with Crippen LogP contribution in [-0.4, -0.2) is 49.2 Å². The van der Waals surface area contributed by atoms with E-state index < -0.39 is 50.7 Å². The van der Waals surface area contributed by atoms with E-state index in [1.54, 1.807) is 6.92 Å². The Hall–Kier alpha value is -3.36. The molecule has 0 fully saturated rings. The van der Waals surface area contributed by atoms with Gasteiger partial charge in [-0.05, 0) is 61.4 Å². The lowest BCUT2D eigenvalue weighted by molar-refractivity contribution is -0.432. The number of hydrogen-bond donors (Lipinski definition) is 6. The average Bonchev–Trinajstić information content (AvgIpc) is 2.85. The quantitative estimate of drug-likeness (QED) is 0.0808. The minimum absolute atomic E-state index is 0.0173. The molecular weight excluding hydrogens is 617 g/mol.